The number of rotatable bonds is 5. The number of hydrogen-bond acceptors (Lipinski definition) is 3. The van der Waals surface area contributed by atoms with Crippen LogP contribution < -0.4 is 5.32 Å². The maximum atomic E-state index is 13.4. The fraction of sp³-hybridized carbons (Fsp3) is 0.312. The molecular formula is C16H19FN2OS. The average Bonchev–Trinajstić information content (AvgIpc) is 2.85. The minimum Gasteiger partial charge on any atom is -0.349 e. The zero-order valence-corrected chi connectivity index (χ0v) is 13.2. The summed E-state index contributed by atoms with van der Waals surface area (Å²) in [7, 11) is 3.83. The minimum absolute atomic E-state index is 0.0642. The predicted octanol–water partition coefficient (Wildman–Crippen LogP) is 3.23. The summed E-state index contributed by atoms with van der Waals surface area (Å²) in [5.41, 5.74) is 0.850. The van der Waals surface area contributed by atoms with Crippen LogP contribution in [-0.2, 0) is 0 Å². The molecule has 112 valence electrons. The fourth-order valence-corrected chi connectivity index (χ4v) is 2.93. The molecule has 5 heteroatoms. The van der Waals surface area contributed by atoms with E-state index < -0.39 is 0 Å². The first-order chi connectivity index (χ1) is 9.97. The highest BCUT2D eigenvalue weighted by atomic mass is 32.1. The monoisotopic (exact) mass is 306 g/mol. The molecule has 0 saturated heterocycles. The second-order valence-electron chi connectivity index (χ2n) is 5.15. The van der Waals surface area contributed by atoms with E-state index in [2.05, 4.69) is 5.32 Å². The molecule has 0 spiro atoms. The van der Waals surface area contributed by atoms with Gasteiger partial charge in [-0.15, -0.1) is 11.3 Å². The highest BCUT2D eigenvalue weighted by Gasteiger charge is 2.17. The lowest BCUT2D eigenvalue weighted by molar-refractivity contribution is 0.0946. The lowest BCUT2D eigenvalue weighted by Crippen LogP contribution is -2.34. The van der Waals surface area contributed by atoms with Crippen molar-refractivity contribution in [3.05, 3.63) is 57.5 Å². The molecule has 0 bridgehead atoms. The molecule has 1 aromatic carbocycles. The van der Waals surface area contributed by atoms with Crippen LogP contribution in [0.2, 0.25) is 0 Å². The number of hydrogen-bond donors (Lipinski definition) is 1. The van der Waals surface area contributed by atoms with Crippen LogP contribution in [0.25, 0.3) is 0 Å². The van der Waals surface area contributed by atoms with Crippen LogP contribution in [-0.4, -0.2) is 31.4 Å². The summed E-state index contributed by atoms with van der Waals surface area (Å²) in [6.45, 7) is 2.41. The van der Waals surface area contributed by atoms with Crippen molar-refractivity contribution in [1.29, 1.82) is 0 Å². The van der Waals surface area contributed by atoms with Crippen molar-refractivity contribution in [3.8, 4) is 0 Å². The Morgan fingerprint density at radius 2 is 2.10 bits per heavy atom. The Morgan fingerprint density at radius 1 is 1.33 bits per heavy atom. The Labute approximate surface area is 128 Å². The first-order valence-electron chi connectivity index (χ1n) is 6.74. The number of carbonyl (C=O) groups excluding carboxylic acids is 1. The van der Waals surface area contributed by atoms with Gasteiger partial charge in [0.2, 0.25) is 0 Å². The van der Waals surface area contributed by atoms with Gasteiger partial charge in [0.1, 0.15) is 5.82 Å². The predicted molar refractivity (Wildman–Crippen MR) is 84.2 cm³/mol. The highest BCUT2D eigenvalue weighted by molar-refractivity contribution is 7.13. The summed E-state index contributed by atoms with van der Waals surface area (Å²) >= 11 is 1.47. The van der Waals surface area contributed by atoms with Gasteiger partial charge in [-0.05, 0) is 50.8 Å². The van der Waals surface area contributed by atoms with E-state index in [9.17, 15) is 9.18 Å². The smallest absolute Gasteiger partial charge is 0.261 e. The molecule has 3 nitrogen and oxygen atoms in total. The van der Waals surface area contributed by atoms with Gasteiger partial charge in [-0.25, -0.2) is 4.39 Å². The minimum atomic E-state index is -0.264. The SMILES string of the molecule is Cc1ccc(C(=O)NCC(c2cccc(F)c2)N(C)C)s1. The molecule has 2 rings (SSSR count). The van der Waals surface area contributed by atoms with E-state index in [4.69, 9.17) is 0 Å². The molecule has 1 unspecified atom stereocenters. The Balaban J connectivity index is 2.05. The normalized spacial score (nSPS) is 12.4. The van der Waals surface area contributed by atoms with Crippen molar-refractivity contribution in [2.75, 3.05) is 20.6 Å². The van der Waals surface area contributed by atoms with E-state index in [0.717, 1.165) is 10.4 Å². The average molecular weight is 306 g/mol. The Morgan fingerprint density at radius 3 is 2.67 bits per heavy atom. The second kappa shape index (κ2) is 6.83. The van der Waals surface area contributed by atoms with Gasteiger partial charge in [0, 0.05) is 11.4 Å². The molecule has 1 N–H and O–H groups in total. The summed E-state index contributed by atoms with van der Waals surface area (Å²) in [6, 6.07) is 10.2. The molecule has 21 heavy (non-hydrogen) atoms. The van der Waals surface area contributed by atoms with Gasteiger partial charge in [0.25, 0.3) is 5.91 Å². The molecule has 0 fully saturated rings. The Hall–Kier alpha value is -1.72. The van der Waals surface area contributed by atoms with Gasteiger partial charge in [-0.3, -0.25) is 4.79 Å². The van der Waals surface area contributed by atoms with E-state index in [1.807, 2.05) is 44.1 Å². The van der Waals surface area contributed by atoms with Crippen LogP contribution in [0.5, 0.6) is 0 Å². The molecule has 1 atom stereocenters. The van der Waals surface area contributed by atoms with E-state index in [-0.39, 0.29) is 17.8 Å². The highest BCUT2D eigenvalue weighted by Crippen LogP contribution is 2.19. The largest absolute Gasteiger partial charge is 0.349 e. The third-order valence-electron chi connectivity index (χ3n) is 3.28. The number of nitrogens with zero attached hydrogens (tertiary/aromatic N) is 1. The third-order valence-corrected chi connectivity index (χ3v) is 4.28. The summed E-state index contributed by atoms with van der Waals surface area (Å²) < 4.78 is 13.4. The maximum absolute atomic E-state index is 13.4. The van der Waals surface area contributed by atoms with Gasteiger partial charge in [0.15, 0.2) is 0 Å². The number of amides is 1. The number of likely N-dealkylation sites (N-methyl/N-ethyl adjacent to an activating group) is 1. The van der Waals surface area contributed by atoms with Crippen molar-refractivity contribution < 1.29 is 9.18 Å². The van der Waals surface area contributed by atoms with Crippen molar-refractivity contribution in [2.24, 2.45) is 0 Å². The van der Waals surface area contributed by atoms with Crippen LogP contribution in [0.15, 0.2) is 36.4 Å². The molecule has 0 saturated carbocycles. The molecule has 1 heterocycles. The lowest BCUT2D eigenvalue weighted by atomic mass is 10.1. The Kier molecular flexibility index (Phi) is 5.09. The summed E-state index contributed by atoms with van der Waals surface area (Å²) in [6.07, 6.45) is 0. The molecule has 1 amide bonds. The fourth-order valence-electron chi connectivity index (χ4n) is 2.15. The van der Waals surface area contributed by atoms with Crippen molar-refractivity contribution in [3.63, 3.8) is 0 Å². The van der Waals surface area contributed by atoms with E-state index in [0.29, 0.717) is 11.4 Å². The topological polar surface area (TPSA) is 32.3 Å². The van der Waals surface area contributed by atoms with Crippen LogP contribution in [0, 0.1) is 12.7 Å². The van der Waals surface area contributed by atoms with Gasteiger partial charge in [0.05, 0.1) is 10.9 Å². The van der Waals surface area contributed by atoms with Crippen LogP contribution in [0.4, 0.5) is 4.39 Å². The van der Waals surface area contributed by atoms with Crippen molar-refractivity contribution >= 4 is 17.2 Å². The van der Waals surface area contributed by atoms with Crippen molar-refractivity contribution in [2.45, 2.75) is 13.0 Å². The van der Waals surface area contributed by atoms with Gasteiger partial charge >= 0.3 is 0 Å². The van der Waals surface area contributed by atoms with Crippen LogP contribution in [0.1, 0.15) is 26.2 Å². The van der Waals surface area contributed by atoms with E-state index in [1.165, 1.54) is 23.5 Å². The zero-order chi connectivity index (χ0) is 15.4. The molecule has 0 aliphatic rings. The molecule has 0 radical (unpaired) electrons. The summed E-state index contributed by atoms with van der Waals surface area (Å²) in [5.74, 6) is -0.351. The second-order valence-corrected chi connectivity index (χ2v) is 6.44. The molecular weight excluding hydrogens is 287 g/mol. The van der Waals surface area contributed by atoms with Crippen LogP contribution >= 0.6 is 11.3 Å². The van der Waals surface area contributed by atoms with Crippen molar-refractivity contribution in [1.82, 2.24) is 10.2 Å². The zero-order valence-electron chi connectivity index (χ0n) is 12.4. The maximum Gasteiger partial charge on any atom is 0.261 e. The first kappa shape index (κ1) is 15.7. The number of thiophene rings is 1. The van der Waals surface area contributed by atoms with E-state index >= 15 is 0 Å². The molecule has 1 aromatic heterocycles. The number of aryl methyl sites for hydroxylation is 1. The molecule has 2 aromatic rings. The van der Waals surface area contributed by atoms with Gasteiger partial charge in [-0.1, -0.05) is 12.1 Å². The molecule has 0 aliphatic heterocycles. The van der Waals surface area contributed by atoms with Gasteiger partial charge < -0.3 is 10.2 Å². The molecule has 0 aliphatic carbocycles. The number of benzene rings is 1. The Bertz CT molecular complexity index is 624. The lowest BCUT2D eigenvalue weighted by Gasteiger charge is -2.25. The summed E-state index contributed by atoms with van der Waals surface area (Å²) in [4.78, 5) is 15.9. The standard InChI is InChI=1S/C16H19FN2OS/c1-11-7-8-15(21-11)16(20)18-10-14(19(2)3)12-5-4-6-13(17)9-12/h4-9,14H,10H2,1-3H3,(H,18,20). The summed E-state index contributed by atoms with van der Waals surface area (Å²) in [5, 5.41) is 2.92. The van der Waals surface area contributed by atoms with Gasteiger partial charge in [-0.2, -0.15) is 0 Å². The quantitative estimate of drug-likeness (QED) is 0.920. The number of carbonyl (C=O) groups is 1. The number of halogens is 1. The number of nitrogens with one attached hydrogen (secondary N) is 1. The van der Waals surface area contributed by atoms with Crippen LogP contribution in [0.3, 0.4) is 0 Å². The van der Waals surface area contributed by atoms with E-state index in [1.54, 1.807) is 6.07 Å². The third kappa shape index (κ3) is 4.12. The first-order valence-corrected chi connectivity index (χ1v) is 7.55.